The summed E-state index contributed by atoms with van der Waals surface area (Å²) in [5.41, 5.74) is 1.98. The lowest BCUT2D eigenvalue weighted by atomic mass is 10.2. The second-order valence-electron chi connectivity index (χ2n) is 8.72. The Morgan fingerprint density at radius 3 is 1.49 bits per heavy atom. The van der Waals surface area contributed by atoms with Crippen molar-refractivity contribution in [3.05, 3.63) is 151 Å². The Labute approximate surface area is 208 Å². The van der Waals surface area contributed by atoms with Crippen molar-refractivity contribution in [1.29, 1.82) is 0 Å². The molecule has 0 saturated heterocycles. The molecule has 5 rings (SSSR count). The zero-order valence-corrected chi connectivity index (χ0v) is 20.8. The van der Waals surface area contributed by atoms with Crippen LogP contribution in [0.5, 0.6) is 0 Å². The standard InChI is InChI=1S/C32H27NOSi/c1-26-24-33(25-31(34)27-14-6-2-7-15-27)23-22-32(26)35(28-16-8-3-9-17-28,29-18-10-4-11-19-29)30-20-12-5-13-21-30/h2-25H,1H3/p+1/b31-25-. The van der Waals surface area contributed by atoms with Crippen LogP contribution in [-0.4, -0.2) is 13.2 Å². The molecule has 0 saturated carbocycles. The molecule has 1 aromatic heterocycles. The molecule has 0 unspecified atom stereocenters. The van der Waals surface area contributed by atoms with Gasteiger partial charge in [-0.15, -0.1) is 0 Å². The minimum atomic E-state index is -2.57. The van der Waals surface area contributed by atoms with Crippen molar-refractivity contribution in [1.82, 2.24) is 0 Å². The number of hydrogen-bond acceptors (Lipinski definition) is 1. The summed E-state index contributed by atoms with van der Waals surface area (Å²) in [6, 6.07) is 44.6. The molecule has 2 nitrogen and oxygen atoms in total. The summed E-state index contributed by atoms with van der Waals surface area (Å²) >= 11 is 0. The maximum absolute atomic E-state index is 10.7. The lowest BCUT2D eigenvalue weighted by molar-refractivity contribution is -0.568. The first kappa shape index (κ1) is 22.6. The molecule has 1 N–H and O–H groups in total. The van der Waals surface area contributed by atoms with E-state index >= 15 is 0 Å². The number of hydrogen-bond donors (Lipinski definition) is 1. The number of aromatic nitrogens is 1. The van der Waals surface area contributed by atoms with Crippen LogP contribution in [0.3, 0.4) is 0 Å². The normalized spacial score (nSPS) is 11.9. The lowest BCUT2D eigenvalue weighted by Gasteiger charge is -2.34. The minimum Gasteiger partial charge on any atom is -0.502 e. The van der Waals surface area contributed by atoms with Crippen LogP contribution in [0, 0.1) is 6.92 Å². The predicted molar refractivity (Wildman–Crippen MR) is 148 cm³/mol. The average molecular weight is 471 g/mol. The Balaban J connectivity index is 1.74. The molecule has 170 valence electrons. The highest BCUT2D eigenvalue weighted by Gasteiger charge is 2.42. The van der Waals surface area contributed by atoms with Gasteiger partial charge in [0.1, 0.15) is 0 Å². The lowest BCUT2D eigenvalue weighted by Crippen LogP contribution is -2.75. The maximum Gasteiger partial charge on any atom is 0.216 e. The molecular formula is C32H28NOSi+. The van der Waals surface area contributed by atoms with Crippen molar-refractivity contribution >= 4 is 40.8 Å². The molecule has 0 fully saturated rings. The van der Waals surface area contributed by atoms with E-state index in [2.05, 4.69) is 116 Å². The summed E-state index contributed by atoms with van der Waals surface area (Å²) < 4.78 is 1.95. The Morgan fingerprint density at radius 1 is 0.629 bits per heavy atom. The fourth-order valence-electron chi connectivity index (χ4n) is 4.98. The third kappa shape index (κ3) is 4.34. The number of aliphatic hydroxyl groups excluding tert-OH is 1. The van der Waals surface area contributed by atoms with E-state index in [0.29, 0.717) is 0 Å². The molecule has 5 aromatic rings. The molecule has 0 radical (unpaired) electrons. The average Bonchev–Trinajstić information content (AvgIpc) is 2.92. The van der Waals surface area contributed by atoms with Crippen LogP contribution < -0.4 is 25.3 Å². The highest BCUT2D eigenvalue weighted by Crippen LogP contribution is 2.12. The predicted octanol–water partition coefficient (Wildman–Crippen LogP) is 4.17. The molecule has 1 heterocycles. The van der Waals surface area contributed by atoms with E-state index in [-0.39, 0.29) is 5.76 Å². The van der Waals surface area contributed by atoms with E-state index in [1.54, 1.807) is 6.20 Å². The fourth-order valence-corrected chi connectivity index (χ4v) is 9.98. The summed E-state index contributed by atoms with van der Waals surface area (Å²) in [5, 5.41) is 16.1. The monoisotopic (exact) mass is 470 g/mol. The molecule has 0 aliphatic carbocycles. The fraction of sp³-hybridized carbons (Fsp3) is 0.0312. The van der Waals surface area contributed by atoms with Gasteiger partial charge in [0.2, 0.25) is 6.20 Å². The first-order chi connectivity index (χ1) is 17.2. The summed E-state index contributed by atoms with van der Waals surface area (Å²) in [6.07, 6.45) is 5.94. The van der Waals surface area contributed by atoms with Crippen LogP contribution in [0.1, 0.15) is 11.1 Å². The number of aliphatic hydroxyl groups is 1. The topological polar surface area (TPSA) is 24.1 Å². The summed E-state index contributed by atoms with van der Waals surface area (Å²) in [5.74, 6) is 0.237. The molecule has 3 heteroatoms. The van der Waals surface area contributed by atoms with E-state index in [1.165, 1.54) is 26.3 Å². The summed E-state index contributed by atoms with van der Waals surface area (Å²) in [4.78, 5) is 0. The second-order valence-corrected chi connectivity index (χ2v) is 12.5. The zero-order chi connectivity index (χ0) is 24.1. The van der Waals surface area contributed by atoms with Gasteiger partial charge in [-0.25, -0.2) is 0 Å². The smallest absolute Gasteiger partial charge is 0.216 e. The third-order valence-electron chi connectivity index (χ3n) is 6.55. The number of rotatable bonds is 6. The number of pyridine rings is 1. The van der Waals surface area contributed by atoms with Gasteiger partial charge in [0.05, 0.1) is 0 Å². The van der Waals surface area contributed by atoms with Crippen LogP contribution in [0.25, 0.3) is 12.0 Å². The van der Waals surface area contributed by atoms with Crippen molar-refractivity contribution in [3.8, 4) is 0 Å². The first-order valence-corrected chi connectivity index (χ1v) is 13.8. The minimum absolute atomic E-state index is 0.237. The van der Waals surface area contributed by atoms with Crippen molar-refractivity contribution in [2.45, 2.75) is 6.92 Å². The molecular weight excluding hydrogens is 442 g/mol. The maximum atomic E-state index is 10.7. The third-order valence-corrected chi connectivity index (χ3v) is 11.5. The van der Waals surface area contributed by atoms with Crippen LogP contribution in [0.2, 0.25) is 0 Å². The molecule has 0 spiro atoms. The van der Waals surface area contributed by atoms with E-state index in [1.807, 2.05) is 34.9 Å². The van der Waals surface area contributed by atoms with Gasteiger partial charge < -0.3 is 5.11 Å². The Bertz CT molecular complexity index is 1340. The van der Waals surface area contributed by atoms with Crippen molar-refractivity contribution in [2.75, 3.05) is 0 Å². The number of nitrogens with zero attached hydrogens (tertiary/aromatic N) is 1. The Hall–Kier alpha value is -4.21. The molecule has 0 amide bonds. The van der Waals surface area contributed by atoms with E-state index in [0.717, 1.165) is 5.56 Å². The number of aryl methyl sites for hydroxylation is 1. The van der Waals surface area contributed by atoms with Gasteiger partial charge in [-0.1, -0.05) is 121 Å². The Kier molecular flexibility index (Phi) is 6.42. The SMILES string of the molecule is Cc1c[n+](/C=C(\O)c2ccccc2)ccc1[Si](c1ccccc1)(c1ccccc1)c1ccccc1. The molecule has 0 bridgehead atoms. The van der Waals surface area contributed by atoms with E-state index in [9.17, 15) is 5.11 Å². The number of benzene rings is 4. The summed E-state index contributed by atoms with van der Waals surface area (Å²) in [7, 11) is -2.57. The van der Waals surface area contributed by atoms with Gasteiger partial charge >= 0.3 is 0 Å². The largest absolute Gasteiger partial charge is 0.502 e. The second kappa shape index (κ2) is 9.96. The van der Waals surface area contributed by atoms with Gasteiger partial charge in [0.25, 0.3) is 0 Å². The molecule has 0 aliphatic rings. The van der Waals surface area contributed by atoms with Crippen LogP contribution in [0.4, 0.5) is 0 Å². The molecule has 0 atom stereocenters. The molecule has 35 heavy (non-hydrogen) atoms. The first-order valence-electron chi connectivity index (χ1n) is 11.8. The van der Waals surface area contributed by atoms with Crippen LogP contribution in [0.15, 0.2) is 140 Å². The highest BCUT2D eigenvalue weighted by molar-refractivity contribution is 7.20. The molecule has 4 aromatic carbocycles. The molecule has 0 aliphatic heterocycles. The van der Waals surface area contributed by atoms with Gasteiger partial charge in [-0.3, -0.25) is 0 Å². The van der Waals surface area contributed by atoms with E-state index < -0.39 is 8.07 Å². The van der Waals surface area contributed by atoms with Crippen LogP contribution >= 0.6 is 0 Å². The van der Waals surface area contributed by atoms with E-state index in [4.69, 9.17) is 0 Å². The quantitative estimate of drug-likeness (QED) is 0.171. The van der Waals surface area contributed by atoms with Crippen molar-refractivity contribution in [3.63, 3.8) is 0 Å². The van der Waals surface area contributed by atoms with Crippen LogP contribution in [-0.2, 0) is 0 Å². The zero-order valence-electron chi connectivity index (χ0n) is 19.8. The Morgan fingerprint density at radius 2 is 1.06 bits per heavy atom. The summed E-state index contributed by atoms with van der Waals surface area (Å²) in [6.45, 7) is 2.18. The van der Waals surface area contributed by atoms with Gasteiger partial charge in [0, 0.05) is 17.2 Å². The van der Waals surface area contributed by atoms with Gasteiger partial charge in [-0.05, 0) is 27.7 Å². The van der Waals surface area contributed by atoms with Crippen molar-refractivity contribution in [2.24, 2.45) is 0 Å². The highest BCUT2D eigenvalue weighted by atomic mass is 28.3. The van der Waals surface area contributed by atoms with Gasteiger partial charge in [0.15, 0.2) is 26.2 Å². The van der Waals surface area contributed by atoms with Gasteiger partial charge in [-0.2, -0.15) is 4.57 Å². The van der Waals surface area contributed by atoms with Crippen molar-refractivity contribution < 1.29 is 9.67 Å².